The Labute approximate surface area is 111 Å². The third kappa shape index (κ3) is 2.46. The van der Waals surface area contributed by atoms with E-state index in [-0.39, 0.29) is 0 Å². The Morgan fingerprint density at radius 3 is 2.79 bits per heavy atom. The minimum atomic E-state index is 0.448. The first-order chi connectivity index (χ1) is 9.36. The van der Waals surface area contributed by atoms with Crippen LogP contribution in [0.4, 0.5) is 0 Å². The largest absolute Gasteiger partial charge is 0.385 e. The number of para-hydroxylation sites is 2. The van der Waals surface area contributed by atoms with Gasteiger partial charge in [0.1, 0.15) is 0 Å². The monoisotopic (exact) mass is 253 g/mol. The fourth-order valence-corrected chi connectivity index (χ4v) is 1.90. The van der Waals surface area contributed by atoms with E-state index in [1.807, 2.05) is 30.5 Å². The summed E-state index contributed by atoms with van der Waals surface area (Å²) in [5.74, 6) is 0. The zero-order valence-electron chi connectivity index (χ0n) is 10.4. The highest BCUT2D eigenvalue weighted by atomic mass is 15.1. The average Bonchev–Trinajstić information content (AvgIpc) is 2.41. The number of hydrogen-bond donors (Lipinski definition) is 3. The summed E-state index contributed by atoms with van der Waals surface area (Å²) in [4.78, 5) is 8.89. The molecular formula is C14H15N5. The Morgan fingerprint density at radius 1 is 1.32 bits per heavy atom. The van der Waals surface area contributed by atoms with E-state index in [0.29, 0.717) is 11.7 Å². The van der Waals surface area contributed by atoms with E-state index in [1.165, 1.54) is 6.21 Å². The molecule has 1 saturated heterocycles. The molecule has 0 aliphatic carbocycles. The van der Waals surface area contributed by atoms with Crippen LogP contribution in [0.3, 0.4) is 0 Å². The van der Waals surface area contributed by atoms with Crippen LogP contribution >= 0.6 is 0 Å². The number of aromatic nitrogens is 2. The number of nitrogens with one attached hydrogen (secondary N) is 3. The molecule has 5 heteroatoms. The lowest BCUT2D eigenvalue weighted by atomic mass is 10.1. The molecule has 0 unspecified atom stereocenters. The first kappa shape index (κ1) is 11.8. The number of nitrogens with zero attached hydrogens (tertiary/aromatic N) is 2. The Morgan fingerprint density at radius 2 is 2.11 bits per heavy atom. The van der Waals surface area contributed by atoms with Crippen LogP contribution in [0, 0.1) is 5.41 Å². The quantitative estimate of drug-likeness (QED) is 0.715. The van der Waals surface area contributed by atoms with E-state index in [1.54, 1.807) is 6.20 Å². The van der Waals surface area contributed by atoms with Gasteiger partial charge < -0.3 is 16.0 Å². The highest BCUT2D eigenvalue weighted by Gasteiger charge is 2.14. The van der Waals surface area contributed by atoms with E-state index in [9.17, 15) is 0 Å². The molecule has 19 heavy (non-hydrogen) atoms. The van der Waals surface area contributed by atoms with Crippen molar-refractivity contribution in [1.29, 1.82) is 5.41 Å². The van der Waals surface area contributed by atoms with Crippen molar-refractivity contribution in [1.82, 2.24) is 20.6 Å². The van der Waals surface area contributed by atoms with Crippen molar-refractivity contribution >= 4 is 22.8 Å². The van der Waals surface area contributed by atoms with Crippen LogP contribution in [0.5, 0.6) is 0 Å². The van der Waals surface area contributed by atoms with Crippen LogP contribution in [-0.4, -0.2) is 35.3 Å². The summed E-state index contributed by atoms with van der Waals surface area (Å²) in [6, 6.07) is 8.18. The predicted molar refractivity (Wildman–Crippen MR) is 76.1 cm³/mol. The second-order valence-corrected chi connectivity index (χ2v) is 4.51. The van der Waals surface area contributed by atoms with E-state index in [2.05, 4.69) is 20.6 Å². The van der Waals surface area contributed by atoms with Gasteiger partial charge in [0.25, 0.3) is 0 Å². The van der Waals surface area contributed by atoms with E-state index in [0.717, 1.165) is 29.7 Å². The van der Waals surface area contributed by atoms with Gasteiger partial charge in [-0.1, -0.05) is 12.1 Å². The molecule has 96 valence electrons. The summed E-state index contributed by atoms with van der Waals surface area (Å²) in [5.41, 5.74) is 3.17. The van der Waals surface area contributed by atoms with Crippen LogP contribution < -0.4 is 10.6 Å². The maximum absolute atomic E-state index is 7.51. The van der Waals surface area contributed by atoms with Crippen molar-refractivity contribution in [2.45, 2.75) is 6.04 Å². The van der Waals surface area contributed by atoms with Crippen molar-refractivity contribution in [2.75, 3.05) is 13.1 Å². The molecule has 0 bridgehead atoms. The molecule has 0 radical (unpaired) electrons. The number of hydrogen-bond acceptors (Lipinski definition) is 5. The molecule has 1 aliphatic heterocycles. The van der Waals surface area contributed by atoms with E-state index in [4.69, 9.17) is 5.41 Å². The molecule has 1 aliphatic rings. The van der Waals surface area contributed by atoms with Gasteiger partial charge in [0, 0.05) is 31.1 Å². The summed E-state index contributed by atoms with van der Waals surface area (Å²) in [5, 5.41) is 14.0. The molecule has 0 spiro atoms. The first-order valence-corrected chi connectivity index (χ1v) is 6.26. The Bertz CT molecular complexity index is 631. The summed E-state index contributed by atoms with van der Waals surface area (Å²) in [6.07, 6.45) is 4.86. The molecule has 1 aromatic heterocycles. The van der Waals surface area contributed by atoms with Crippen molar-refractivity contribution in [3.05, 3.63) is 42.4 Å². The van der Waals surface area contributed by atoms with Gasteiger partial charge in [-0.05, 0) is 12.1 Å². The van der Waals surface area contributed by atoms with Crippen LogP contribution in [0.15, 0.2) is 36.7 Å². The van der Waals surface area contributed by atoms with Gasteiger partial charge in [0.05, 0.1) is 29.0 Å². The normalized spacial score (nSPS) is 16.1. The van der Waals surface area contributed by atoms with Crippen molar-refractivity contribution in [3.8, 4) is 0 Å². The van der Waals surface area contributed by atoms with Gasteiger partial charge in [-0.25, -0.2) is 4.98 Å². The highest BCUT2D eigenvalue weighted by molar-refractivity contribution is 6.07. The summed E-state index contributed by atoms with van der Waals surface area (Å²) >= 11 is 0. The van der Waals surface area contributed by atoms with Gasteiger partial charge >= 0.3 is 0 Å². The van der Waals surface area contributed by atoms with Crippen molar-refractivity contribution in [2.24, 2.45) is 0 Å². The molecule has 5 nitrogen and oxygen atoms in total. The van der Waals surface area contributed by atoms with Crippen LogP contribution in [0.1, 0.15) is 5.69 Å². The number of rotatable bonds is 4. The second kappa shape index (κ2) is 5.16. The smallest absolute Gasteiger partial charge is 0.0922 e. The van der Waals surface area contributed by atoms with Gasteiger partial charge in [-0.2, -0.15) is 0 Å². The maximum atomic E-state index is 7.51. The van der Waals surface area contributed by atoms with Gasteiger partial charge in [0.2, 0.25) is 0 Å². The average molecular weight is 253 g/mol. The Kier molecular flexibility index (Phi) is 3.20. The minimum Gasteiger partial charge on any atom is -0.385 e. The molecule has 1 fully saturated rings. The lowest BCUT2D eigenvalue weighted by Gasteiger charge is -2.27. The fourth-order valence-electron chi connectivity index (χ4n) is 1.90. The van der Waals surface area contributed by atoms with Crippen LogP contribution in [0.25, 0.3) is 16.6 Å². The third-order valence-corrected chi connectivity index (χ3v) is 3.16. The highest BCUT2D eigenvalue weighted by Crippen LogP contribution is 2.13. The Balaban J connectivity index is 1.89. The topological polar surface area (TPSA) is 73.7 Å². The van der Waals surface area contributed by atoms with Crippen LogP contribution in [-0.2, 0) is 0 Å². The number of benzene rings is 1. The third-order valence-electron chi connectivity index (χ3n) is 3.16. The van der Waals surface area contributed by atoms with Crippen LogP contribution in [0.2, 0.25) is 0 Å². The zero-order chi connectivity index (χ0) is 13.1. The standard InChI is InChI=1S/C14H15N5/c15-5-10(6-17-11-7-16-8-11)14-9-18-12-3-1-2-4-13(12)19-14/h1-6,9,11,15-17H,7-8H2/b10-6+,15-5?. The molecule has 2 aromatic rings. The number of fused-ring (bicyclic) bond motifs is 1. The number of allylic oxidation sites excluding steroid dienone is 1. The van der Waals surface area contributed by atoms with Crippen molar-refractivity contribution in [3.63, 3.8) is 0 Å². The molecule has 0 atom stereocenters. The lowest BCUT2D eigenvalue weighted by molar-refractivity contribution is 0.402. The SMILES string of the molecule is N=C/C(=C\NC1CNC1)c1cnc2ccccc2n1. The van der Waals surface area contributed by atoms with Gasteiger partial charge in [-0.3, -0.25) is 4.98 Å². The van der Waals surface area contributed by atoms with Crippen molar-refractivity contribution < 1.29 is 0 Å². The fraction of sp³-hybridized carbons (Fsp3) is 0.214. The predicted octanol–water partition coefficient (Wildman–Crippen LogP) is 1.18. The van der Waals surface area contributed by atoms with E-state index < -0.39 is 0 Å². The molecule has 0 amide bonds. The molecule has 2 heterocycles. The zero-order valence-corrected chi connectivity index (χ0v) is 10.4. The summed E-state index contributed by atoms with van der Waals surface area (Å²) < 4.78 is 0. The molecular weight excluding hydrogens is 238 g/mol. The molecule has 3 rings (SSSR count). The minimum absolute atomic E-state index is 0.448. The Hall–Kier alpha value is -2.27. The lowest BCUT2D eigenvalue weighted by Crippen LogP contribution is -2.53. The molecule has 1 aromatic carbocycles. The molecule has 3 N–H and O–H groups in total. The first-order valence-electron chi connectivity index (χ1n) is 6.26. The molecule has 0 saturated carbocycles. The van der Waals surface area contributed by atoms with Gasteiger partial charge in [-0.15, -0.1) is 0 Å². The van der Waals surface area contributed by atoms with Gasteiger partial charge in [0.15, 0.2) is 0 Å². The maximum Gasteiger partial charge on any atom is 0.0922 e. The second-order valence-electron chi connectivity index (χ2n) is 4.51. The summed E-state index contributed by atoms with van der Waals surface area (Å²) in [7, 11) is 0. The summed E-state index contributed by atoms with van der Waals surface area (Å²) in [6.45, 7) is 1.93. The van der Waals surface area contributed by atoms with E-state index >= 15 is 0 Å².